The molecule has 0 aliphatic heterocycles. The minimum atomic E-state index is -0.524. The molecule has 0 unspecified atom stereocenters. The maximum atomic E-state index is 12.7. The molecule has 2 rings (SSSR count). The van der Waals surface area contributed by atoms with Crippen LogP contribution in [-0.2, 0) is 4.79 Å². The van der Waals surface area contributed by atoms with Gasteiger partial charge in [0.25, 0.3) is 5.91 Å². The van der Waals surface area contributed by atoms with Gasteiger partial charge in [0.05, 0.1) is 11.3 Å². The molecule has 1 aromatic carbocycles. The molecule has 1 aliphatic carbocycles. The van der Waals surface area contributed by atoms with Crippen molar-refractivity contribution >= 4 is 17.5 Å². The Balaban J connectivity index is 2.08. The summed E-state index contributed by atoms with van der Waals surface area (Å²) in [4.78, 5) is 24.1. The Morgan fingerprint density at radius 3 is 2.36 bits per heavy atom. The Labute approximate surface area is 132 Å². The van der Waals surface area contributed by atoms with Crippen LogP contribution in [0.5, 0.6) is 0 Å². The van der Waals surface area contributed by atoms with Crippen LogP contribution < -0.4 is 11.1 Å². The summed E-state index contributed by atoms with van der Waals surface area (Å²) in [7, 11) is 0. The standard InChI is InChI=1S/C18H26N2O2/c1-12(2)13-8-10-18(3,11-9-13)17(22)20-15-7-5-4-6-14(15)16(19)21/h4-7,12-13H,8-11H2,1-3H3,(H2,19,21)(H,20,22). The summed E-state index contributed by atoms with van der Waals surface area (Å²) in [5.41, 5.74) is 5.86. The monoisotopic (exact) mass is 302 g/mol. The first-order valence-electron chi connectivity index (χ1n) is 8.04. The molecule has 1 aromatic rings. The number of benzene rings is 1. The third-order valence-electron chi connectivity index (χ3n) is 5.07. The zero-order chi connectivity index (χ0) is 16.3. The first-order chi connectivity index (χ1) is 10.3. The van der Waals surface area contributed by atoms with Crippen molar-refractivity contribution in [2.24, 2.45) is 23.0 Å². The van der Waals surface area contributed by atoms with E-state index in [-0.39, 0.29) is 11.3 Å². The van der Waals surface area contributed by atoms with Gasteiger partial charge in [0.15, 0.2) is 0 Å². The molecule has 22 heavy (non-hydrogen) atoms. The van der Waals surface area contributed by atoms with Crippen molar-refractivity contribution in [2.45, 2.75) is 46.5 Å². The highest BCUT2D eigenvalue weighted by atomic mass is 16.2. The third-order valence-corrected chi connectivity index (χ3v) is 5.07. The minimum Gasteiger partial charge on any atom is -0.366 e. The quantitative estimate of drug-likeness (QED) is 0.892. The molecule has 1 saturated carbocycles. The molecule has 4 nitrogen and oxygen atoms in total. The van der Waals surface area contributed by atoms with Crippen LogP contribution in [0.4, 0.5) is 5.69 Å². The molecule has 0 bridgehead atoms. The number of carbonyl (C=O) groups is 2. The summed E-state index contributed by atoms with van der Waals surface area (Å²) in [6.45, 7) is 6.51. The van der Waals surface area contributed by atoms with Crippen LogP contribution in [-0.4, -0.2) is 11.8 Å². The van der Waals surface area contributed by atoms with Crippen LogP contribution in [0.25, 0.3) is 0 Å². The van der Waals surface area contributed by atoms with Gasteiger partial charge >= 0.3 is 0 Å². The Hall–Kier alpha value is -1.84. The van der Waals surface area contributed by atoms with Crippen LogP contribution >= 0.6 is 0 Å². The fourth-order valence-electron chi connectivity index (χ4n) is 3.25. The molecule has 120 valence electrons. The van der Waals surface area contributed by atoms with Gasteiger partial charge in [-0.1, -0.05) is 32.9 Å². The molecule has 1 aliphatic rings. The van der Waals surface area contributed by atoms with Crippen LogP contribution in [0.2, 0.25) is 0 Å². The maximum absolute atomic E-state index is 12.7. The lowest BCUT2D eigenvalue weighted by molar-refractivity contribution is -0.127. The van der Waals surface area contributed by atoms with E-state index in [4.69, 9.17) is 5.73 Å². The fraction of sp³-hybridized carbons (Fsp3) is 0.556. The van der Waals surface area contributed by atoms with E-state index in [1.165, 1.54) is 0 Å². The summed E-state index contributed by atoms with van der Waals surface area (Å²) >= 11 is 0. The van der Waals surface area contributed by atoms with Gasteiger partial charge in [-0.2, -0.15) is 0 Å². The van der Waals surface area contributed by atoms with Crippen molar-refractivity contribution in [3.8, 4) is 0 Å². The van der Waals surface area contributed by atoms with Crippen molar-refractivity contribution in [2.75, 3.05) is 5.32 Å². The van der Waals surface area contributed by atoms with Crippen molar-refractivity contribution < 1.29 is 9.59 Å². The molecule has 4 heteroatoms. The number of carbonyl (C=O) groups excluding carboxylic acids is 2. The minimum absolute atomic E-state index is 0.0107. The Bertz CT molecular complexity index is 558. The van der Waals surface area contributed by atoms with Gasteiger partial charge in [0.1, 0.15) is 0 Å². The molecule has 1 fully saturated rings. The van der Waals surface area contributed by atoms with E-state index in [1.54, 1.807) is 24.3 Å². The largest absolute Gasteiger partial charge is 0.366 e. The van der Waals surface area contributed by atoms with Gasteiger partial charge in [-0.05, 0) is 49.7 Å². The zero-order valence-corrected chi connectivity index (χ0v) is 13.7. The number of primary amides is 1. The van der Waals surface area contributed by atoms with Crippen molar-refractivity contribution in [3.63, 3.8) is 0 Å². The fourth-order valence-corrected chi connectivity index (χ4v) is 3.25. The lowest BCUT2D eigenvalue weighted by Gasteiger charge is -2.37. The first-order valence-corrected chi connectivity index (χ1v) is 8.04. The molecule has 3 N–H and O–H groups in total. The van der Waals surface area contributed by atoms with Crippen molar-refractivity contribution in [3.05, 3.63) is 29.8 Å². The van der Waals surface area contributed by atoms with Crippen molar-refractivity contribution in [1.82, 2.24) is 0 Å². The molecular weight excluding hydrogens is 276 g/mol. The number of hydrogen-bond acceptors (Lipinski definition) is 2. The van der Waals surface area contributed by atoms with Crippen LogP contribution in [0.1, 0.15) is 56.8 Å². The third kappa shape index (κ3) is 3.49. The molecule has 0 radical (unpaired) electrons. The molecule has 0 spiro atoms. The van der Waals surface area contributed by atoms with Gasteiger partial charge in [0.2, 0.25) is 5.91 Å². The summed E-state index contributed by atoms with van der Waals surface area (Å²) in [5, 5.41) is 2.91. The highest BCUT2D eigenvalue weighted by Gasteiger charge is 2.38. The van der Waals surface area contributed by atoms with Gasteiger partial charge in [0, 0.05) is 5.41 Å². The molecule has 0 saturated heterocycles. The summed E-state index contributed by atoms with van der Waals surface area (Å²) in [6, 6.07) is 6.89. The average Bonchev–Trinajstić information content (AvgIpc) is 2.48. The second-order valence-electron chi connectivity index (χ2n) is 7.01. The molecule has 0 heterocycles. The highest BCUT2D eigenvalue weighted by molar-refractivity contribution is 6.04. The number of nitrogens with one attached hydrogen (secondary N) is 1. The second kappa shape index (κ2) is 6.51. The zero-order valence-electron chi connectivity index (χ0n) is 13.7. The molecule has 0 aromatic heterocycles. The van der Waals surface area contributed by atoms with E-state index in [2.05, 4.69) is 19.2 Å². The summed E-state index contributed by atoms with van der Waals surface area (Å²) < 4.78 is 0. The number of para-hydroxylation sites is 1. The second-order valence-corrected chi connectivity index (χ2v) is 7.01. The van der Waals surface area contributed by atoms with Gasteiger partial charge in [-0.25, -0.2) is 0 Å². The number of nitrogens with two attached hydrogens (primary N) is 1. The van der Waals surface area contributed by atoms with Gasteiger partial charge in [-0.3, -0.25) is 9.59 Å². The summed E-state index contributed by atoms with van der Waals surface area (Å²) in [6.07, 6.45) is 3.94. The van der Waals surface area contributed by atoms with E-state index < -0.39 is 5.91 Å². The van der Waals surface area contributed by atoms with E-state index in [0.29, 0.717) is 23.1 Å². The normalized spacial score (nSPS) is 25.0. The predicted octanol–water partition coefficient (Wildman–Crippen LogP) is 3.58. The van der Waals surface area contributed by atoms with E-state index in [1.807, 2.05) is 6.92 Å². The number of amides is 2. The maximum Gasteiger partial charge on any atom is 0.250 e. The Morgan fingerprint density at radius 1 is 1.23 bits per heavy atom. The molecular formula is C18H26N2O2. The van der Waals surface area contributed by atoms with Crippen molar-refractivity contribution in [1.29, 1.82) is 0 Å². The van der Waals surface area contributed by atoms with Gasteiger partial charge in [-0.15, -0.1) is 0 Å². The summed E-state index contributed by atoms with van der Waals surface area (Å²) in [5.74, 6) is 0.843. The topological polar surface area (TPSA) is 72.2 Å². The number of hydrogen-bond donors (Lipinski definition) is 2. The predicted molar refractivity (Wildman–Crippen MR) is 88.5 cm³/mol. The molecule has 2 amide bonds. The van der Waals surface area contributed by atoms with Crippen LogP contribution in [0, 0.1) is 17.3 Å². The lowest BCUT2D eigenvalue weighted by atomic mass is 9.68. The van der Waals surface area contributed by atoms with Crippen LogP contribution in [0.3, 0.4) is 0 Å². The van der Waals surface area contributed by atoms with E-state index >= 15 is 0 Å². The Morgan fingerprint density at radius 2 is 1.82 bits per heavy atom. The van der Waals surface area contributed by atoms with Crippen LogP contribution in [0.15, 0.2) is 24.3 Å². The average molecular weight is 302 g/mol. The highest BCUT2D eigenvalue weighted by Crippen LogP contribution is 2.42. The SMILES string of the molecule is CC(C)C1CCC(C)(C(=O)Nc2ccccc2C(N)=O)CC1. The first kappa shape index (κ1) is 16.5. The Kier molecular flexibility index (Phi) is 4.89. The smallest absolute Gasteiger partial charge is 0.250 e. The molecule has 0 atom stereocenters. The number of rotatable bonds is 4. The van der Waals surface area contributed by atoms with Gasteiger partial charge < -0.3 is 11.1 Å². The van der Waals surface area contributed by atoms with E-state index in [9.17, 15) is 9.59 Å². The van der Waals surface area contributed by atoms with E-state index in [0.717, 1.165) is 25.7 Å². The lowest BCUT2D eigenvalue weighted by Crippen LogP contribution is -2.38. The number of anilines is 1.